The van der Waals surface area contributed by atoms with Gasteiger partial charge in [0.25, 0.3) is 0 Å². The molecule has 0 fully saturated rings. The van der Waals surface area contributed by atoms with Gasteiger partial charge in [-0.25, -0.2) is 0 Å². The minimum absolute atomic E-state index is 0.300. The smallest absolute Gasteiger partial charge is 0.0636 e. The molecule has 0 aromatic heterocycles. The number of benzene rings is 1. The summed E-state index contributed by atoms with van der Waals surface area (Å²) < 4.78 is 0. The molecule has 0 aliphatic heterocycles. The lowest BCUT2D eigenvalue weighted by Crippen LogP contribution is -2.28. The molecule has 0 spiro atoms. The van der Waals surface area contributed by atoms with Gasteiger partial charge in [-0.05, 0) is 25.3 Å². The predicted molar refractivity (Wildman–Crippen MR) is 68.3 cm³/mol. The molecule has 1 rings (SSSR count). The monoisotopic (exact) mass is 219 g/mol. The Morgan fingerprint density at radius 1 is 1.38 bits per heavy atom. The summed E-state index contributed by atoms with van der Waals surface area (Å²) in [5, 5.41) is 12.7. The third-order valence-electron chi connectivity index (χ3n) is 2.52. The van der Waals surface area contributed by atoms with Crippen molar-refractivity contribution in [2.24, 2.45) is 0 Å². The fraction of sp³-hybridized carbons (Fsp3) is 0.429. The number of aliphatic hydroxyl groups is 1. The van der Waals surface area contributed by atoms with E-state index in [0.29, 0.717) is 12.6 Å². The first-order valence-electron chi connectivity index (χ1n) is 5.81. The van der Waals surface area contributed by atoms with E-state index in [4.69, 9.17) is 0 Å². The highest BCUT2D eigenvalue weighted by molar-refractivity contribution is 5.18. The van der Waals surface area contributed by atoms with Gasteiger partial charge in [-0.3, -0.25) is 0 Å². The number of hydrogen-bond donors (Lipinski definition) is 2. The first kappa shape index (κ1) is 12.9. The van der Waals surface area contributed by atoms with E-state index in [0.717, 1.165) is 12.8 Å². The van der Waals surface area contributed by atoms with Gasteiger partial charge in [0.1, 0.15) is 0 Å². The average molecular weight is 219 g/mol. The van der Waals surface area contributed by atoms with Gasteiger partial charge in [0.05, 0.1) is 6.10 Å². The van der Waals surface area contributed by atoms with Crippen LogP contribution in [-0.2, 0) is 0 Å². The van der Waals surface area contributed by atoms with Gasteiger partial charge >= 0.3 is 0 Å². The van der Waals surface area contributed by atoms with Crippen LogP contribution >= 0.6 is 0 Å². The van der Waals surface area contributed by atoms with Crippen molar-refractivity contribution >= 4 is 0 Å². The van der Waals surface area contributed by atoms with Crippen molar-refractivity contribution < 1.29 is 5.11 Å². The van der Waals surface area contributed by atoms with Gasteiger partial charge in [0, 0.05) is 12.6 Å². The molecule has 0 bridgehead atoms. The highest BCUT2D eigenvalue weighted by Crippen LogP contribution is 2.18. The molecule has 2 nitrogen and oxygen atoms in total. The van der Waals surface area contributed by atoms with Gasteiger partial charge in [0.15, 0.2) is 0 Å². The van der Waals surface area contributed by atoms with E-state index in [1.807, 2.05) is 24.3 Å². The quantitative estimate of drug-likeness (QED) is 0.691. The first-order valence-corrected chi connectivity index (χ1v) is 5.81. The topological polar surface area (TPSA) is 32.3 Å². The van der Waals surface area contributed by atoms with Crippen LogP contribution in [0, 0.1) is 0 Å². The molecule has 88 valence electrons. The average Bonchev–Trinajstić information content (AvgIpc) is 2.30. The molecule has 2 atom stereocenters. The maximum Gasteiger partial charge on any atom is 0.0636 e. The molecular formula is C14H21NO. The van der Waals surface area contributed by atoms with E-state index in [1.54, 1.807) is 6.92 Å². The fourth-order valence-corrected chi connectivity index (χ4v) is 1.67. The highest BCUT2D eigenvalue weighted by Gasteiger charge is 2.10. The minimum atomic E-state index is -0.310. The molecule has 0 aliphatic carbocycles. The molecule has 0 radical (unpaired) electrons. The van der Waals surface area contributed by atoms with Crippen LogP contribution in [0.25, 0.3) is 0 Å². The Hall–Kier alpha value is -1.12. The fourth-order valence-electron chi connectivity index (χ4n) is 1.67. The van der Waals surface area contributed by atoms with Crippen LogP contribution in [0.3, 0.4) is 0 Å². The summed E-state index contributed by atoms with van der Waals surface area (Å²) in [7, 11) is 0. The van der Waals surface area contributed by atoms with Crippen molar-refractivity contribution in [2.75, 3.05) is 6.54 Å². The van der Waals surface area contributed by atoms with Crippen LogP contribution in [0.1, 0.15) is 31.4 Å². The predicted octanol–water partition coefficient (Wildman–Crippen LogP) is 2.66. The van der Waals surface area contributed by atoms with E-state index in [-0.39, 0.29) is 6.10 Å². The molecule has 2 N–H and O–H groups in total. The SMILES string of the molecule is C=CCCC(NC[C@@H](C)O)c1ccccc1. The van der Waals surface area contributed by atoms with Crippen LogP contribution in [0.15, 0.2) is 43.0 Å². The second-order valence-corrected chi connectivity index (χ2v) is 4.09. The molecule has 1 unspecified atom stereocenters. The minimum Gasteiger partial charge on any atom is -0.392 e. The van der Waals surface area contributed by atoms with Gasteiger partial charge in [-0.15, -0.1) is 6.58 Å². The lowest BCUT2D eigenvalue weighted by Gasteiger charge is -2.19. The zero-order chi connectivity index (χ0) is 11.8. The summed E-state index contributed by atoms with van der Waals surface area (Å²) in [6, 6.07) is 10.6. The molecule has 0 aliphatic rings. The van der Waals surface area contributed by atoms with Crippen molar-refractivity contribution in [2.45, 2.75) is 31.9 Å². The third-order valence-corrected chi connectivity index (χ3v) is 2.52. The van der Waals surface area contributed by atoms with Crippen LogP contribution < -0.4 is 5.32 Å². The Balaban J connectivity index is 2.59. The zero-order valence-electron chi connectivity index (χ0n) is 9.89. The Labute approximate surface area is 98.0 Å². The van der Waals surface area contributed by atoms with E-state index >= 15 is 0 Å². The summed E-state index contributed by atoms with van der Waals surface area (Å²) in [4.78, 5) is 0. The Bertz CT molecular complexity index is 295. The summed E-state index contributed by atoms with van der Waals surface area (Å²) in [6.45, 7) is 6.16. The largest absolute Gasteiger partial charge is 0.392 e. The molecule has 0 amide bonds. The first-order chi connectivity index (χ1) is 7.74. The highest BCUT2D eigenvalue weighted by atomic mass is 16.3. The van der Waals surface area contributed by atoms with E-state index in [2.05, 4.69) is 24.0 Å². The molecule has 1 aromatic rings. The van der Waals surface area contributed by atoms with Gasteiger partial charge in [-0.1, -0.05) is 36.4 Å². The summed E-state index contributed by atoms with van der Waals surface area (Å²) in [5.74, 6) is 0. The molecule has 16 heavy (non-hydrogen) atoms. The Kier molecular flexibility index (Phi) is 5.83. The molecule has 0 saturated heterocycles. The molecule has 2 heteroatoms. The second-order valence-electron chi connectivity index (χ2n) is 4.09. The summed E-state index contributed by atoms with van der Waals surface area (Å²) in [6.07, 6.45) is 3.61. The Morgan fingerprint density at radius 2 is 2.06 bits per heavy atom. The number of hydrogen-bond acceptors (Lipinski definition) is 2. The number of rotatable bonds is 7. The van der Waals surface area contributed by atoms with Gasteiger partial charge in [0.2, 0.25) is 0 Å². The van der Waals surface area contributed by atoms with Crippen LogP contribution in [0.5, 0.6) is 0 Å². The van der Waals surface area contributed by atoms with Crippen LogP contribution in [0.4, 0.5) is 0 Å². The number of allylic oxidation sites excluding steroid dienone is 1. The van der Waals surface area contributed by atoms with Crippen LogP contribution in [0.2, 0.25) is 0 Å². The van der Waals surface area contributed by atoms with Gasteiger partial charge < -0.3 is 10.4 Å². The standard InChI is InChI=1S/C14H21NO/c1-3-4-10-14(15-11-12(2)16)13-8-6-5-7-9-13/h3,5-9,12,14-16H,1,4,10-11H2,2H3/t12-,14?/m1/s1. The third kappa shape index (κ3) is 4.60. The molecular weight excluding hydrogens is 198 g/mol. The molecule has 0 saturated carbocycles. The molecule has 0 heterocycles. The van der Waals surface area contributed by atoms with E-state index in [9.17, 15) is 5.11 Å². The van der Waals surface area contributed by atoms with Gasteiger partial charge in [-0.2, -0.15) is 0 Å². The van der Waals surface area contributed by atoms with Crippen molar-refractivity contribution in [1.29, 1.82) is 0 Å². The number of nitrogens with one attached hydrogen (secondary N) is 1. The number of aliphatic hydroxyl groups excluding tert-OH is 1. The Morgan fingerprint density at radius 3 is 2.62 bits per heavy atom. The van der Waals surface area contributed by atoms with Crippen molar-refractivity contribution in [3.63, 3.8) is 0 Å². The van der Waals surface area contributed by atoms with Crippen molar-refractivity contribution in [3.8, 4) is 0 Å². The second kappa shape index (κ2) is 7.20. The zero-order valence-corrected chi connectivity index (χ0v) is 9.89. The van der Waals surface area contributed by atoms with E-state index < -0.39 is 0 Å². The van der Waals surface area contributed by atoms with Crippen molar-refractivity contribution in [3.05, 3.63) is 48.6 Å². The maximum absolute atomic E-state index is 9.29. The summed E-state index contributed by atoms with van der Waals surface area (Å²) in [5.41, 5.74) is 1.27. The summed E-state index contributed by atoms with van der Waals surface area (Å²) >= 11 is 0. The normalized spacial score (nSPS) is 14.4. The van der Waals surface area contributed by atoms with Crippen LogP contribution in [-0.4, -0.2) is 17.8 Å². The van der Waals surface area contributed by atoms with E-state index in [1.165, 1.54) is 5.56 Å². The van der Waals surface area contributed by atoms with Crippen molar-refractivity contribution in [1.82, 2.24) is 5.32 Å². The molecule has 1 aromatic carbocycles. The maximum atomic E-state index is 9.29. The lowest BCUT2D eigenvalue weighted by molar-refractivity contribution is 0.185. The lowest BCUT2D eigenvalue weighted by atomic mass is 10.0.